The summed E-state index contributed by atoms with van der Waals surface area (Å²) in [6.07, 6.45) is 0.934. The third kappa shape index (κ3) is 3.84. The second kappa shape index (κ2) is 9.97. The van der Waals surface area contributed by atoms with Crippen LogP contribution in [0.5, 0.6) is 11.6 Å². The van der Waals surface area contributed by atoms with E-state index in [1.54, 1.807) is 0 Å². The molecule has 14 heteroatoms. The number of fused-ring (bicyclic) bond motifs is 2. The number of nitrogen functional groups attached to an aromatic ring is 1. The van der Waals surface area contributed by atoms with Crippen molar-refractivity contribution >= 4 is 54.7 Å². The number of anilines is 1. The van der Waals surface area contributed by atoms with Gasteiger partial charge in [0.15, 0.2) is 11.6 Å². The first-order valence-corrected chi connectivity index (χ1v) is 15.6. The van der Waals surface area contributed by atoms with Crippen LogP contribution in [-0.2, 0) is 0 Å². The number of benzene rings is 2. The van der Waals surface area contributed by atoms with Gasteiger partial charge in [0.25, 0.3) is 5.88 Å². The quantitative estimate of drug-likeness (QED) is 0.279. The van der Waals surface area contributed by atoms with E-state index in [0.717, 1.165) is 30.7 Å². The number of hydrogen-bond donors (Lipinski definition) is 2. The number of nitrogens with zero attached hydrogens (tertiary/aromatic N) is 4. The molecule has 2 unspecified atom stereocenters. The zero-order valence-corrected chi connectivity index (χ0v) is 24.8. The van der Waals surface area contributed by atoms with Crippen molar-refractivity contribution in [3.63, 3.8) is 0 Å². The molecule has 0 aliphatic carbocycles. The van der Waals surface area contributed by atoms with E-state index in [-0.39, 0.29) is 78.7 Å². The van der Waals surface area contributed by atoms with E-state index in [2.05, 4.69) is 20.0 Å². The minimum absolute atomic E-state index is 0.00719. The van der Waals surface area contributed by atoms with E-state index < -0.39 is 34.9 Å². The minimum atomic E-state index is -0.984. The molecule has 0 spiro atoms. The van der Waals surface area contributed by atoms with Crippen LogP contribution in [-0.4, -0.2) is 65.6 Å². The predicted molar refractivity (Wildman–Crippen MR) is 162 cm³/mol. The third-order valence-corrected chi connectivity index (χ3v) is 11.0. The molecule has 228 valence electrons. The van der Waals surface area contributed by atoms with Crippen molar-refractivity contribution in [2.45, 2.75) is 37.0 Å². The van der Waals surface area contributed by atoms with Gasteiger partial charge >= 0.3 is 5.56 Å². The number of ether oxygens (including phenoxy) is 2. The topological polar surface area (TPSA) is 99.0 Å². The van der Waals surface area contributed by atoms with E-state index >= 15 is 4.39 Å². The van der Waals surface area contributed by atoms with Gasteiger partial charge in [-0.15, -0.1) is 11.3 Å². The average Bonchev–Trinajstić information content (AvgIpc) is 3.61. The van der Waals surface area contributed by atoms with Crippen LogP contribution in [0.4, 0.5) is 23.9 Å². The second-order valence-electron chi connectivity index (χ2n) is 12.0. The van der Waals surface area contributed by atoms with Gasteiger partial charge in [0.05, 0.1) is 32.9 Å². The Labute approximate surface area is 258 Å². The van der Waals surface area contributed by atoms with Gasteiger partial charge in [0, 0.05) is 42.9 Å². The molecule has 2 aromatic heterocycles. The number of nitrogens with two attached hydrogens (primary N) is 1. The molecule has 3 atom stereocenters. The Hall–Kier alpha value is -3.57. The molecule has 0 bridgehead atoms. The molecule has 9 nitrogen and oxygen atoms in total. The van der Waals surface area contributed by atoms with Crippen molar-refractivity contribution in [1.82, 2.24) is 19.8 Å². The lowest BCUT2D eigenvalue weighted by Crippen LogP contribution is -2.51. The highest BCUT2D eigenvalue weighted by molar-refractivity contribution is 7.23. The zero-order chi connectivity index (χ0) is 30.5. The fourth-order valence-electron chi connectivity index (χ4n) is 7.42. The van der Waals surface area contributed by atoms with E-state index in [9.17, 15) is 13.6 Å². The normalized spacial score (nSPS) is 24.8. The van der Waals surface area contributed by atoms with Gasteiger partial charge in [-0.2, -0.15) is 0 Å². The number of rotatable bonds is 5. The monoisotopic (exact) mass is 642 g/mol. The van der Waals surface area contributed by atoms with Crippen molar-refractivity contribution in [2.75, 3.05) is 45.1 Å². The molecule has 0 radical (unpaired) electrons. The lowest BCUT2D eigenvalue weighted by atomic mass is 9.92. The summed E-state index contributed by atoms with van der Waals surface area (Å²) in [7, 11) is 0. The fourth-order valence-corrected chi connectivity index (χ4v) is 8.69. The van der Waals surface area contributed by atoms with Crippen molar-refractivity contribution in [3.8, 4) is 22.8 Å². The van der Waals surface area contributed by atoms with Gasteiger partial charge < -0.3 is 20.5 Å². The van der Waals surface area contributed by atoms with Crippen LogP contribution in [0.2, 0.25) is 5.02 Å². The number of alkyl halides is 1. The number of thiophene rings is 1. The van der Waals surface area contributed by atoms with Crippen LogP contribution in [0.15, 0.2) is 16.9 Å². The third-order valence-electron chi connectivity index (χ3n) is 9.64. The van der Waals surface area contributed by atoms with Gasteiger partial charge in [-0.1, -0.05) is 17.7 Å². The number of halogens is 4. The summed E-state index contributed by atoms with van der Waals surface area (Å²) in [5.41, 5.74) is 4.86. The van der Waals surface area contributed by atoms with E-state index in [0.29, 0.717) is 26.1 Å². The van der Waals surface area contributed by atoms with Gasteiger partial charge in [-0.05, 0) is 31.0 Å². The van der Waals surface area contributed by atoms with Crippen molar-refractivity contribution < 1.29 is 22.6 Å². The molecule has 4 aromatic rings. The summed E-state index contributed by atoms with van der Waals surface area (Å²) in [5.74, 6) is -1.66. The van der Waals surface area contributed by atoms with Crippen molar-refractivity contribution in [2.24, 2.45) is 5.92 Å². The fraction of sp³-hybridized carbons (Fsp3) is 0.433. The Bertz CT molecular complexity index is 1990. The first-order chi connectivity index (χ1) is 21.2. The average molecular weight is 643 g/mol. The Morgan fingerprint density at radius 2 is 2.16 bits per heavy atom. The van der Waals surface area contributed by atoms with Crippen LogP contribution in [0, 0.1) is 24.1 Å². The molecule has 0 saturated carbocycles. The van der Waals surface area contributed by atoms with Gasteiger partial charge in [0.1, 0.15) is 36.2 Å². The van der Waals surface area contributed by atoms with Crippen LogP contribution in [0.25, 0.3) is 37.1 Å². The number of hydrogen-bond acceptors (Lipinski definition) is 8. The van der Waals surface area contributed by atoms with Crippen molar-refractivity contribution in [3.05, 3.63) is 50.6 Å². The van der Waals surface area contributed by atoms with Crippen LogP contribution in [0.3, 0.4) is 0 Å². The maximum atomic E-state index is 16.9. The first-order valence-electron chi connectivity index (χ1n) is 14.4. The molecule has 44 heavy (non-hydrogen) atoms. The Kier molecular flexibility index (Phi) is 6.33. The largest absolute Gasteiger partial charge is 0.488 e. The highest BCUT2D eigenvalue weighted by atomic mass is 35.5. The number of nitrogens with one attached hydrogen (secondary N) is 1. The highest BCUT2D eigenvalue weighted by Gasteiger charge is 2.49. The molecule has 3 saturated heterocycles. The summed E-state index contributed by atoms with van der Waals surface area (Å²) in [6.45, 7) is 10.2. The molecule has 8 rings (SSSR count). The van der Waals surface area contributed by atoms with E-state index in [1.807, 2.05) is 0 Å². The first kappa shape index (κ1) is 27.9. The van der Waals surface area contributed by atoms with Crippen LogP contribution in [0.1, 0.15) is 25.3 Å². The molecule has 6 heterocycles. The van der Waals surface area contributed by atoms with E-state index in [1.165, 1.54) is 16.7 Å². The minimum Gasteiger partial charge on any atom is -0.488 e. The Morgan fingerprint density at radius 3 is 2.91 bits per heavy atom. The molecule has 3 N–H and O–H groups in total. The zero-order valence-electron chi connectivity index (χ0n) is 23.3. The highest BCUT2D eigenvalue weighted by Crippen LogP contribution is 2.52. The standard InChI is InChI=1S/C30H26ClF3N6O3S/c1-36-22-19-15(3-4-16(33)26(19)44-27(22)35)18-20(31)25-24-23(21(18)34)38-28(29(41)40(24)17(11-42-25)13-8-37-9-13)43-12-30-5-2-6-39(30)10-14(32)7-30/h3-4,13-14,17,37H,2,5-12,35H2/t14-,17?,30?/m1/s1. The maximum Gasteiger partial charge on any atom is 0.314 e. The van der Waals surface area contributed by atoms with E-state index in [4.69, 9.17) is 33.4 Å². The van der Waals surface area contributed by atoms with Gasteiger partial charge in [0.2, 0.25) is 5.69 Å². The summed E-state index contributed by atoms with van der Waals surface area (Å²) < 4.78 is 60.0. The van der Waals surface area contributed by atoms with Crippen LogP contribution >= 0.6 is 22.9 Å². The SMILES string of the molecule is [C-]#[N+]c1c(N)sc2c(F)ccc(-c3c(Cl)c4c5c(nc(OCC67CCCN6C[C@H](F)C7)c(=O)n5C(C5CNC5)CO4)c3F)c12. The van der Waals surface area contributed by atoms with Crippen LogP contribution < -0.4 is 26.1 Å². The van der Waals surface area contributed by atoms with Gasteiger partial charge in [-0.3, -0.25) is 14.3 Å². The summed E-state index contributed by atoms with van der Waals surface area (Å²) in [6, 6.07) is 2.08. The lowest BCUT2D eigenvalue weighted by molar-refractivity contribution is 0.107. The molecular weight excluding hydrogens is 617 g/mol. The molecular formula is C30H26ClF3N6O3S. The summed E-state index contributed by atoms with van der Waals surface area (Å²) >= 11 is 7.77. The Morgan fingerprint density at radius 1 is 1.34 bits per heavy atom. The summed E-state index contributed by atoms with van der Waals surface area (Å²) in [4.78, 5) is 24.0. The maximum absolute atomic E-state index is 16.9. The molecule has 2 aromatic carbocycles. The van der Waals surface area contributed by atoms with Gasteiger partial charge in [-0.25, -0.2) is 23.0 Å². The lowest BCUT2D eigenvalue weighted by Gasteiger charge is -2.39. The Balaban J connectivity index is 1.36. The molecule has 0 amide bonds. The molecule has 4 aliphatic rings. The summed E-state index contributed by atoms with van der Waals surface area (Å²) in [5, 5.41) is 3.31. The number of aromatic nitrogens is 2. The molecule has 3 fully saturated rings. The molecule has 4 aliphatic heterocycles. The second-order valence-corrected chi connectivity index (χ2v) is 13.4. The smallest absolute Gasteiger partial charge is 0.314 e. The van der Waals surface area contributed by atoms with Crippen molar-refractivity contribution in [1.29, 1.82) is 0 Å². The predicted octanol–water partition coefficient (Wildman–Crippen LogP) is 5.45.